The number of amidine groups is 1. The van der Waals surface area contributed by atoms with Crippen molar-refractivity contribution in [3.63, 3.8) is 0 Å². The number of hydrogen-bond acceptors (Lipinski definition) is 6. The second-order valence-corrected chi connectivity index (χ2v) is 5.11. The average molecular weight is 296 g/mol. The molecule has 116 valence electrons. The first-order chi connectivity index (χ1) is 9.95. The summed E-state index contributed by atoms with van der Waals surface area (Å²) in [6.07, 6.45) is -0.116. The van der Waals surface area contributed by atoms with Crippen LogP contribution >= 0.6 is 0 Å². The van der Waals surface area contributed by atoms with Gasteiger partial charge in [-0.3, -0.25) is 0 Å². The molecule has 0 amide bonds. The monoisotopic (exact) mass is 296 g/mol. The molecular weight excluding hydrogens is 276 g/mol. The molecule has 0 saturated carbocycles. The number of nitrogens with zero attached hydrogens (tertiary/aromatic N) is 1. The van der Waals surface area contributed by atoms with E-state index in [1.165, 1.54) is 7.11 Å². The second-order valence-electron chi connectivity index (χ2n) is 5.11. The molecule has 1 aliphatic heterocycles. The van der Waals surface area contributed by atoms with Crippen LogP contribution in [0.1, 0.15) is 19.4 Å². The molecule has 7 heteroatoms. The molecule has 0 aromatic heterocycles. The highest BCUT2D eigenvalue weighted by Gasteiger charge is 2.32. The first-order valence-electron chi connectivity index (χ1n) is 6.55. The van der Waals surface area contributed by atoms with E-state index < -0.39 is 5.79 Å². The number of benzene rings is 1. The van der Waals surface area contributed by atoms with Crippen LogP contribution in [0.15, 0.2) is 23.4 Å². The fourth-order valence-electron chi connectivity index (χ4n) is 2.06. The maximum Gasteiger partial charge on any atom is 0.173 e. The molecule has 1 aromatic carbocycles. The molecule has 1 unspecified atom stereocenters. The van der Waals surface area contributed by atoms with Crippen LogP contribution in [0.3, 0.4) is 0 Å². The predicted octanol–water partition coefficient (Wildman–Crippen LogP) is 1.32. The molecule has 21 heavy (non-hydrogen) atoms. The Balaban J connectivity index is 2.01. The number of methoxy groups -OCH3 is 1. The van der Waals surface area contributed by atoms with E-state index in [0.29, 0.717) is 30.3 Å². The van der Waals surface area contributed by atoms with Crippen LogP contribution in [0.4, 0.5) is 0 Å². The molecule has 1 heterocycles. The molecule has 1 fully saturated rings. The summed E-state index contributed by atoms with van der Waals surface area (Å²) in [6.45, 7) is 4.59. The van der Waals surface area contributed by atoms with Crippen molar-refractivity contribution in [3.8, 4) is 11.5 Å². The van der Waals surface area contributed by atoms with Gasteiger partial charge < -0.3 is 29.9 Å². The van der Waals surface area contributed by atoms with Gasteiger partial charge in [-0.25, -0.2) is 0 Å². The molecule has 7 nitrogen and oxygen atoms in total. The summed E-state index contributed by atoms with van der Waals surface area (Å²) in [4.78, 5) is 0. The third-order valence-corrected chi connectivity index (χ3v) is 3.06. The lowest BCUT2D eigenvalue weighted by molar-refractivity contribution is -0.141. The minimum absolute atomic E-state index is 0.0207. The van der Waals surface area contributed by atoms with Crippen LogP contribution in [0, 0.1) is 0 Å². The molecule has 1 atom stereocenters. The molecular formula is C14H20N2O5. The zero-order chi connectivity index (χ0) is 15.5. The van der Waals surface area contributed by atoms with E-state index in [9.17, 15) is 0 Å². The first kappa shape index (κ1) is 15.4. The Morgan fingerprint density at radius 1 is 1.52 bits per heavy atom. The summed E-state index contributed by atoms with van der Waals surface area (Å²) in [5, 5.41) is 11.7. The zero-order valence-corrected chi connectivity index (χ0v) is 12.3. The van der Waals surface area contributed by atoms with Crippen molar-refractivity contribution < 1.29 is 24.2 Å². The summed E-state index contributed by atoms with van der Waals surface area (Å²) in [6, 6.07) is 5.06. The van der Waals surface area contributed by atoms with Crippen molar-refractivity contribution >= 4 is 5.84 Å². The number of rotatable bonds is 5. The summed E-state index contributed by atoms with van der Waals surface area (Å²) < 4.78 is 22.0. The van der Waals surface area contributed by atoms with Crippen molar-refractivity contribution in [2.75, 3.05) is 20.3 Å². The van der Waals surface area contributed by atoms with E-state index in [0.717, 1.165) is 0 Å². The zero-order valence-electron chi connectivity index (χ0n) is 12.3. The smallest absolute Gasteiger partial charge is 0.173 e. The third kappa shape index (κ3) is 3.77. The second kappa shape index (κ2) is 6.19. The Morgan fingerprint density at radius 2 is 2.29 bits per heavy atom. The normalized spacial score (nSPS) is 21.3. The average Bonchev–Trinajstić information content (AvgIpc) is 2.83. The van der Waals surface area contributed by atoms with Gasteiger partial charge in [0, 0.05) is 6.07 Å². The van der Waals surface area contributed by atoms with Gasteiger partial charge in [0.2, 0.25) is 0 Å². The minimum atomic E-state index is -0.568. The highest BCUT2D eigenvalue weighted by atomic mass is 16.7. The van der Waals surface area contributed by atoms with Crippen molar-refractivity contribution in [3.05, 3.63) is 23.8 Å². The van der Waals surface area contributed by atoms with Gasteiger partial charge >= 0.3 is 0 Å². The molecule has 0 bridgehead atoms. The molecule has 2 rings (SSSR count). The van der Waals surface area contributed by atoms with Gasteiger partial charge in [0.1, 0.15) is 24.2 Å². The van der Waals surface area contributed by atoms with E-state index >= 15 is 0 Å². The van der Waals surface area contributed by atoms with Crippen LogP contribution in [0.25, 0.3) is 0 Å². The number of oxime groups is 1. The lowest BCUT2D eigenvalue weighted by Gasteiger charge is -2.17. The van der Waals surface area contributed by atoms with E-state index in [-0.39, 0.29) is 11.9 Å². The Kier molecular flexibility index (Phi) is 4.54. The van der Waals surface area contributed by atoms with Crippen LogP contribution in [-0.2, 0) is 9.47 Å². The largest absolute Gasteiger partial charge is 0.496 e. The number of hydrogen-bond donors (Lipinski definition) is 2. The van der Waals surface area contributed by atoms with Crippen molar-refractivity contribution in [1.29, 1.82) is 0 Å². The molecule has 1 saturated heterocycles. The highest BCUT2D eigenvalue weighted by molar-refractivity contribution is 5.99. The van der Waals surface area contributed by atoms with Gasteiger partial charge in [0.05, 0.1) is 19.3 Å². The van der Waals surface area contributed by atoms with Crippen molar-refractivity contribution in [1.82, 2.24) is 0 Å². The standard InChI is InChI=1S/C14H20N2O5/c1-14(2)20-8-10(21-14)7-19-9-4-5-11(13(15)16-17)12(6-9)18-3/h4-6,10,17H,7-8H2,1-3H3,(H2,15,16). The van der Waals surface area contributed by atoms with Gasteiger partial charge in [0.15, 0.2) is 11.6 Å². The third-order valence-electron chi connectivity index (χ3n) is 3.06. The quantitative estimate of drug-likeness (QED) is 0.368. The Hall–Kier alpha value is -1.99. The number of nitrogens with two attached hydrogens (primary N) is 1. The van der Waals surface area contributed by atoms with Crippen molar-refractivity contribution in [2.45, 2.75) is 25.7 Å². The van der Waals surface area contributed by atoms with Gasteiger partial charge in [0.25, 0.3) is 0 Å². The Labute approximate surface area is 123 Å². The SMILES string of the molecule is COc1cc(OCC2COC(C)(C)O2)ccc1C(N)=NO. The molecule has 0 aliphatic carbocycles. The lowest BCUT2D eigenvalue weighted by Crippen LogP contribution is -2.25. The van der Waals surface area contributed by atoms with Gasteiger partial charge in [-0.05, 0) is 26.0 Å². The van der Waals surface area contributed by atoms with E-state index in [1.807, 2.05) is 13.8 Å². The van der Waals surface area contributed by atoms with E-state index in [4.69, 9.17) is 29.9 Å². The van der Waals surface area contributed by atoms with Crippen molar-refractivity contribution in [2.24, 2.45) is 10.9 Å². The maximum absolute atomic E-state index is 8.72. The fraction of sp³-hybridized carbons (Fsp3) is 0.500. The summed E-state index contributed by atoms with van der Waals surface area (Å²) in [7, 11) is 1.50. The summed E-state index contributed by atoms with van der Waals surface area (Å²) in [5.41, 5.74) is 6.06. The molecule has 1 aromatic rings. The molecule has 3 N–H and O–H groups in total. The van der Waals surface area contributed by atoms with Gasteiger partial charge in [-0.1, -0.05) is 5.16 Å². The number of ether oxygens (including phenoxy) is 4. The maximum atomic E-state index is 8.72. The molecule has 0 spiro atoms. The highest BCUT2D eigenvalue weighted by Crippen LogP contribution is 2.26. The van der Waals surface area contributed by atoms with Crippen LogP contribution < -0.4 is 15.2 Å². The lowest BCUT2D eigenvalue weighted by atomic mass is 10.2. The van der Waals surface area contributed by atoms with Crippen LogP contribution in [-0.4, -0.2) is 43.3 Å². The Morgan fingerprint density at radius 3 is 2.86 bits per heavy atom. The molecule has 0 radical (unpaired) electrons. The summed E-state index contributed by atoms with van der Waals surface area (Å²) in [5.74, 6) is 0.482. The van der Waals surface area contributed by atoms with Gasteiger partial charge in [-0.15, -0.1) is 0 Å². The summed E-state index contributed by atoms with van der Waals surface area (Å²) >= 11 is 0. The first-order valence-corrected chi connectivity index (χ1v) is 6.55. The fourth-order valence-corrected chi connectivity index (χ4v) is 2.06. The van der Waals surface area contributed by atoms with Crippen LogP contribution in [0.5, 0.6) is 11.5 Å². The molecule has 1 aliphatic rings. The topological polar surface area (TPSA) is 95.5 Å². The Bertz CT molecular complexity index is 530. The van der Waals surface area contributed by atoms with Gasteiger partial charge in [-0.2, -0.15) is 0 Å². The minimum Gasteiger partial charge on any atom is -0.496 e. The predicted molar refractivity (Wildman–Crippen MR) is 75.9 cm³/mol. The van der Waals surface area contributed by atoms with E-state index in [2.05, 4.69) is 5.16 Å². The van der Waals surface area contributed by atoms with Crippen LogP contribution in [0.2, 0.25) is 0 Å². The van der Waals surface area contributed by atoms with E-state index in [1.54, 1.807) is 18.2 Å².